The molecule has 0 saturated carbocycles. The second-order valence-corrected chi connectivity index (χ2v) is 5.23. The van der Waals surface area contributed by atoms with Gasteiger partial charge >= 0.3 is 0 Å². The molecule has 4 heteroatoms. The van der Waals surface area contributed by atoms with Crippen LogP contribution < -0.4 is 5.32 Å². The zero-order valence-electron chi connectivity index (χ0n) is 12.3. The highest BCUT2D eigenvalue weighted by Gasteiger charge is 2.18. The predicted molar refractivity (Wildman–Crippen MR) is 80.9 cm³/mol. The molecule has 1 unspecified atom stereocenters. The number of rotatable bonds is 6. The highest BCUT2D eigenvalue weighted by atomic mass is 16.5. The first-order valence-corrected chi connectivity index (χ1v) is 7.08. The van der Waals surface area contributed by atoms with Gasteiger partial charge in [0.25, 0.3) is 5.91 Å². The van der Waals surface area contributed by atoms with E-state index in [1.165, 1.54) is 0 Å². The Balaban J connectivity index is 2.16. The highest BCUT2D eigenvalue weighted by molar-refractivity contribution is 6.06. The van der Waals surface area contributed by atoms with Crippen molar-refractivity contribution in [2.75, 3.05) is 13.2 Å². The Bertz CT molecular complexity index is 575. The van der Waals surface area contributed by atoms with E-state index in [1.54, 1.807) is 0 Å². The molecule has 0 saturated heterocycles. The number of nitrogens with one attached hydrogen (secondary N) is 2. The largest absolute Gasteiger partial charge is 0.380 e. The van der Waals surface area contributed by atoms with Crippen molar-refractivity contribution in [3.05, 3.63) is 36.0 Å². The molecule has 0 aliphatic rings. The SMILES string of the molecule is CCOCC(NC(=O)c1cccc2[nH]ccc12)C(C)C. The minimum Gasteiger partial charge on any atom is -0.380 e. The lowest BCUT2D eigenvalue weighted by Crippen LogP contribution is -2.41. The molecule has 0 spiro atoms. The van der Waals surface area contributed by atoms with Crippen molar-refractivity contribution in [3.63, 3.8) is 0 Å². The molecule has 20 heavy (non-hydrogen) atoms. The number of aromatic nitrogens is 1. The third-order valence-electron chi connectivity index (χ3n) is 3.46. The van der Waals surface area contributed by atoms with E-state index in [0.29, 0.717) is 24.7 Å². The van der Waals surface area contributed by atoms with Crippen LogP contribution in [0, 0.1) is 5.92 Å². The van der Waals surface area contributed by atoms with Crippen molar-refractivity contribution in [1.82, 2.24) is 10.3 Å². The van der Waals surface area contributed by atoms with Crippen LogP contribution in [0.15, 0.2) is 30.5 Å². The van der Waals surface area contributed by atoms with Crippen molar-refractivity contribution < 1.29 is 9.53 Å². The Morgan fingerprint density at radius 2 is 2.15 bits per heavy atom. The standard InChI is InChI=1S/C16H22N2O2/c1-4-20-10-15(11(2)3)18-16(19)13-6-5-7-14-12(13)8-9-17-14/h5-9,11,15,17H,4,10H2,1-3H3,(H,18,19). The zero-order chi connectivity index (χ0) is 14.5. The zero-order valence-corrected chi connectivity index (χ0v) is 12.3. The summed E-state index contributed by atoms with van der Waals surface area (Å²) in [7, 11) is 0. The first kappa shape index (κ1) is 14.6. The second kappa shape index (κ2) is 6.57. The summed E-state index contributed by atoms with van der Waals surface area (Å²) in [6.45, 7) is 7.33. The van der Waals surface area contributed by atoms with E-state index in [0.717, 1.165) is 10.9 Å². The summed E-state index contributed by atoms with van der Waals surface area (Å²) in [5.41, 5.74) is 1.68. The maximum atomic E-state index is 12.5. The van der Waals surface area contributed by atoms with Gasteiger partial charge in [0.05, 0.1) is 12.6 Å². The van der Waals surface area contributed by atoms with Crippen LogP contribution in [0.1, 0.15) is 31.1 Å². The topological polar surface area (TPSA) is 54.1 Å². The lowest BCUT2D eigenvalue weighted by atomic mass is 10.0. The van der Waals surface area contributed by atoms with Crippen molar-refractivity contribution in [3.8, 4) is 0 Å². The lowest BCUT2D eigenvalue weighted by molar-refractivity contribution is 0.0807. The molecule has 2 aromatic rings. The molecule has 1 heterocycles. The van der Waals surface area contributed by atoms with Gasteiger partial charge in [-0.2, -0.15) is 0 Å². The number of fused-ring (bicyclic) bond motifs is 1. The minimum absolute atomic E-state index is 0.0247. The van der Waals surface area contributed by atoms with E-state index in [2.05, 4.69) is 24.1 Å². The summed E-state index contributed by atoms with van der Waals surface area (Å²) in [4.78, 5) is 15.6. The van der Waals surface area contributed by atoms with Crippen LogP contribution in [0.25, 0.3) is 10.9 Å². The Kier molecular flexibility index (Phi) is 4.79. The van der Waals surface area contributed by atoms with Gasteiger partial charge in [0, 0.05) is 29.3 Å². The van der Waals surface area contributed by atoms with E-state index < -0.39 is 0 Å². The maximum Gasteiger partial charge on any atom is 0.252 e. The molecule has 108 valence electrons. The van der Waals surface area contributed by atoms with Crippen molar-refractivity contribution in [1.29, 1.82) is 0 Å². The number of H-pyrrole nitrogens is 1. The molecular weight excluding hydrogens is 252 g/mol. The van der Waals surface area contributed by atoms with Gasteiger partial charge in [0.2, 0.25) is 0 Å². The summed E-state index contributed by atoms with van der Waals surface area (Å²) in [5, 5.41) is 4.02. The Morgan fingerprint density at radius 1 is 1.35 bits per heavy atom. The summed E-state index contributed by atoms with van der Waals surface area (Å²) in [6, 6.07) is 7.66. The number of carbonyl (C=O) groups excluding carboxylic acids is 1. The van der Waals surface area contributed by atoms with Gasteiger partial charge in [0.1, 0.15) is 0 Å². The third kappa shape index (κ3) is 3.20. The number of aromatic amines is 1. The van der Waals surface area contributed by atoms with Crippen LogP contribution in [0.5, 0.6) is 0 Å². The van der Waals surface area contributed by atoms with E-state index in [1.807, 2.05) is 37.4 Å². The smallest absolute Gasteiger partial charge is 0.252 e. The molecule has 0 aliphatic heterocycles. The molecular formula is C16H22N2O2. The fourth-order valence-corrected chi connectivity index (χ4v) is 2.18. The van der Waals surface area contributed by atoms with Crippen LogP contribution in [-0.4, -0.2) is 30.1 Å². The molecule has 1 aromatic carbocycles. The molecule has 1 amide bonds. The van der Waals surface area contributed by atoms with E-state index in [-0.39, 0.29) is 11.9 Å². The van der Waals surface area contributed by atoms with Crippen molar-refractivity contribution in [2.45, 2.75) is 26.8 Å². The van der Waals surface area contributed by atoms with Gasteiger partial charge in [-0.15, -0.1) is 0 Å². The van der Waals surface area contributed by atoms with Crippen molar-refractivity contribution in [2.24, 2.45) is 5.92 Å². The average molecular weight is 274 g/mol. The monoisotopic (exact) mass is 274 g/mol. The van der Waals surface area contributed by atoms with Gasteiger partial charge in [-0.1, -0.05) is 19.9 Å². The maximum absolute atomic E-state index is 12.5. The molecule has 0 radical (unpaired) electrons. The number of hydrogen-bond donors (Lipinski definition) is 2. The van der Waals surface area contributed by atoms with Crippen LogP contribution in [0.2, 0.25) is 0 Å². The average Bonchev–Trinajstić information content (AvgIpc) is 2.90. The van der Waals surface area contributed by atoms with E-state index in [9.17, 15) is 4.79 Å². The molecule has 1 atom stereocenters. The fraction of sp³-hybridized carbons (Fsp3) is 0.438. The number of amides is 1. The first-order chi connectivity index (χ1) is 9.63. The van der Waals surface area contributed by atoms with Gasteiger partial charge in [-0.3, -0.25) is 4.79 Å². The Morgan fingerprint density at radius 3 is 2.85 bits per heavy atom. The third-order valence-corrected chi connectivity index (χ3v) is 3.46. The van der Waals surface area contributed by atoms with E-state index >= 15 is 0 Å². The molecule has 0 bridgehead atoms. The molecule has 0 aliphatic carbocycles. The Labute approximate surface area is 119 Å². The highest BCUT2D eigenvalue weighted by Crippen LogP contribution is 2.17. The van der Waals surface area contributed by atoms with Crippen LogP contribution in [-0.2, 0) is 4.74 Å². The van der Waals surface area contributed by atoms with Crippen LogP contribution >= 0.6 is 0 Å². The van der Waals surface area contributed by atoms with Gasteiger partial charge in [0.15, 0.2) is 0 Å². The summed E-state index contributed by atoms with van der Waals surface area (Å²) >= 11 is 0. The minimum atomic E-state index is -0.0476. The number of ether oxygens (including phenoxy) is 1. The normalized spacial score (nSPS) is 12.8. The summed E-state index contributed by atoms with van der Waals surface area (Å²) in [5.74, 6) is 0.282. The molecule has 0 fully saturated rings. The lowest BCUT2D eigenvalue weighted by Gasteiger charge is -2.22. The summed E-state index contributed by atoms with van der Waals surface area (Å²) < 4.78 is 5.45. The van der Waals surface area contributed by atoms with Gasteiger partial charge < -0.3 is 15.0 Å². The molecule has 1 aromatic heterocycles. The van der Waals surface area contributed by atoms with E-state index in [4.69, 9.17) is 4.74 Å². The quantitative estimate of drug-likeness (QED) is 0.851. The number of benzene rings is 1. The van der Waals surface area contributed by atoms with Crippen LogP contribution in [0.4, 0.5) is 0 Å². The van der Waals surface area contributed by atoms with Gasteiger partial charge in [-0.25, -0.2) is 0 Å². The Hall–Kier alpha value is -1.81. The molecule has 2 N–H and O–H groups in total. The van der Waals surface area contributed by atoms with Gasteiger partial charge in [-0.05, 0) is 31.0 Å². The number of carbonyl (C=O) groups is 1. The summed E-state index contributed by atoms with van der Waals surface area (Å²) in [6.07, 6.45) is 1.85. The van der Waals surface area contributed by atoms with Crippen LogP contribution in [0.3, 0.4) is 0 Å². The predicted octanol–water partition coefficient (Wildman–Crippen LogP) is 2.96. The van der Waals surface area contributed by atoms with Crippen molar-refractivity contribution >= 4 is 16.8 Å². The second-order valence-electron chi connectivity index (χ2n) is 5.23. The first-order valence-electron chi connectivity index (χ1n) is 7.08. The number of hydrogen-bond acceptors (Lipinski definition) is 2. The molecule has 4 nitrogen and oxygen atoms in total. The fourth-order valence-electron chi connectivity index (χ4n) is 2.18. The molecule has 2 rings (SSSR count).